The molecule has 0 amide bonds. The number of ether oxygens (including phenoxy) is 2. The van der Waals surface area contributed by atoms with E-state index < -0.39 is 52.6 Å². The van der Waals surface area contributed by atoms with Gasteiger partial charge in [-0.3, -0.25) is 9.59 Å². The van der Waals surface area contributed by atoms with Gasteiger partial charge in [0, 0.05) is 10.7 Å². The van der Waals surface area contributed by atoms with Crippen molar-refractivity contribution in [3.05, 3.63) is 0 Å². The second kappa shape index (κ2) is 9.43. The monoisotopic (exact) mass is 508 g/mol. The molecule has 2 unspecified atom stereocenters. The maximum atomic E-state index is 12.7. The molecular formula is C13H16Br2F6O4. The first-order valence-corrected chi connectivity index (χ1v) is 9.21. The van der Waals surface area contributed by atoms with Crippen LogP contribution in [0.1, 0.15) is 26.7 Å². The van der Waals surface area contributed by atoms with Gasteiger partial charge in [0.1, 0.15) is 0 Å². The molecule has 0 aliphatic carbocycles. The van der Waals surface area contributed by atoms with Crippen LogP contribution in [0.5, 0.6) is 0 Å². The summed E-state index contributed by atoms with van der Waals surface area (Å²) in [6, 6.07) is 0. The molecule has 4 nitrogen and oxygen atoms in total. The van der Waals surface area contributed by atoms with Crippen LogP contribution in [-0.4, -0.2) is 47.2 Å². The molecule has 12 heteroatoms. The van der Waals surface area contributed by atoms with Gasteiger partial charge < -0.3 is 9.47 Å². The van der Waals surface area contributed by atoms with Crippen LogP contribution in [0.15, 0.2) is 0 Å². The lowest BCUT2D eigenvalue weighted by Crippen LogP contribution is -2.48. The minimum absolute atomic E-state index is 0.388. The Hall–Kier alpha value is -0.520. The van der Waals surface area contributed by atoms with E-state index in [0.717, 1.165) is 0 Å². The zero-order chi connectivity index (χ0) is 20.1. The first-order valence-electron chi connectivity index (χ1n) is 6.97. The number of alkyl halides is 8. The van der Waals surface area contributed by atoms with E-state index in [0.29, 0.717) is 0 Å². The fraction of sp³-hybridized carbons (Fsp3) is 0.846. The molecule has 25 heavy (non-hydrogen) atoms. The number of carbonyl (C=O) groups excluding carboxylic acids is 2. The summed E-state index contributed by atoms with van der Waals surface area (Å²) < 4.78 is 85.0. The zero-order valence-electron chi connectivity index (χ0n) is 13.1. The molecule has 148 valence electrons. The van der Waals surface area contributed by atoms with Gasteiger partial charge in [0.05, 0.1) is 0 Å². The van der Waals surface area contributed by atoms with Crippen LogP contribution in [0.4, 0.5) is 26.3 Å². The highest BCUT2D eigenvalue weighted by Gasteiger charge is 2.53. The van der Waals surface area contributed by atoms with E-state index in [-0.39, 0.29) is 12.8 Å². The van der Waals surface area contributed by atoms with Gasteiger partial charge >= 0.3 is 24.3 Å². The van der Waals surface area contributed by atoms with Gasteiger partial charge in [0.15, 0.2) is 5.41 Å². The first-order chi connectivity index (χ1) is 11.3. The van der Waals surface area contributed by atoms with E-state index in [2.05, 4.69) is 41.3 Å². The molecule has 0 fully saturated rings. The summed E-state index contributed by atoms with van der Waals surface area (Å²) in [5.74, 6) is -3.17. The van der Waals surface area contributed by atoms with Gasteiger partial charge in [0.25, 0.3) is 0 Å². The molecule has 0 N–H and O–H groups in total. The van der Waals surface area contributed by atoms with E-state index in [1.54, 1.807) is 0 Å². The van der Waals surface area contributed by atoms with Crippen molar-refractivity contribution >= 4 is 43.8 Å². The zero-order valence-corrected chi connectivity index (χ0v) is 16.3. The van der Waals surface area contributed by atoms with Crippen molar-refractivity contribution in [3.63, 3.8) is 0 Å². The molecule has 0 aromatic carbocycles. The van der Waals surface area contributed by atoms with Crippen LogP contribution in [0.3, 0.4) is 0 Å². The topological polar surface area (TPSA) is 52.6 Å². The molecule has 2 atom stereocenters. The smallest absolute Gasteiger partial charge is 0.426 e. The number of esters is 2. The molecule has 0 rings (SSSR count). The predicted molar refractivity (Wildman–Crippen MR) is 82.5 cm³/mol. The summed E-state index contributed by atoms with van der Waals surface area (Å²) in [5, 5.41) is -1.57. The van der Waals surface area contributed by atoms with Crippen molar-refractivity contribution in [1.29, 1.82) is 0 Å². The maximum absolute atomic E-state index is 12.7. The molecule has 0 spiro atoms. The standard InChI is InChI=1S/C13H16Br2F6O4/c1-3-11(4-2,9(22)24-7(5-14)12(16,17)18)10(23)25-8(6-15)13(19,20)21/h7-8H,3-6H2,1-2H3. The fourth-order valence-corrected chi connectivity index (χ4v) is 2.76. The third-order valence-corrected chi connectivity index (χ3v) is 4.67. The number of rotatable bonds is 8. The van der Waals surface area contributed by atoms with Gasteiger partial charge in [-0.2, -0.15) is 26.3 Å². The van der Waals surface area contributed by atoms with Crippen molar-refractivity contribution in [2.45, 2.75) is 51.2 Å². The highest BCUT2D eigenvalue weighted by Crippen LogP contribution is 2.35. The number of hydrogen-bond acceptors (Lipinski definition) is 4. The molecule has 0 saturated carbocycles. The Bertz CT molecular complexity index is 424. The van der Waals surface area contributed by atoms with Gasteiger partial charge in [-0.05, 0) is 12.8 Å². The third-order valence-electron chi connectivity index (χ3n) is 3.50. The van der Waals surface area contributed by atoms with Crippen LogP contribution >= 0.6 is 31.9 Å². The number of halogens is 8. The summed E-state index contributed by atoms with van der Waals surface area (Å²) >= 11 is 5.07. The van der Waals surface area contributed by atoms with Crippen molar-refractivity contribution < 1.29 is 45.4 Å². The Kier molecular flexibility index (Phi) is 9.23. The molecule has 0 aromatic rings. The van der Waals surface area contributed by atoms with E-state index in [9.17, 15) is 35.9 Å². The summed E-state index contributed by atoms with van der Waals surface area (Å²) in [6.45, 7) is 2.53. The largest absolute Gasteiger partial charge is 0.451 e. The lowest BCUT2D eigenvalue weighted by atomic mass is 9.82. The normalized spacial score (nSPS) is 15.4. The summed E-state index contributed by atoms with van der Waals surface area (Å²) in [5.41, 5.74) is -2.27. The SMILES string of the molecule is CCC(CC)(C(=O)OC(CBr)C(F)(F)F)C(=O)OC(CBr)C(F)(F)F. The Morgan fingerprint density at radius 3 is 1.24 bits per heavy atom. The van der Waals surface area contributed by atoms with Crippen LogP contribution in [0.25, 0.3) is 0 Å². The Morgan fingerprint density at radius 1 is 0.800 bits per heavy atom. The van der Waals surface area contributed by atoms with E-state index >= 15 is 0 Å². The van der Waals surface area contributed by atoms with Crippen molar-refractivity contribution in [3.8, 4) is 0 Å². The summed E-state index contributed by atoms with van der Waals surface area (Å²) in [6.07, 6.45) is -15.7. The van der Waals surface area contributed by atoms with Crippen molar-refractivity contribution in [2.24, 2.45) is 5.41 Å². The predicted octanol–water partition coefficient (Wildman–Crippen LogP) is 4.53. The lowest BCUT2D eigenvalue weighted by molar-refractivity contribution is -0.231. The van der Waals surface area contributed by atoms with Gasteiger partial charge in [0.2, 0.25) is 12.2 Å². The fourth-order valence-electron chi connectivity index (χ4n) is 1.77. The molecule has 0 aromatic heterocycles. The van der Waals surface area contributed by atoms with Crippen LogP contribution < -0.4 is 0 Å². The van der Waals surface area contributed by atoms with E-state index in [1.165, 1.54) is 13.8 Å². The average molecular weight is 510 g/mol. The highest BCUT2D eigenvalue weighted by atomic mass is 79.9. The van der Waals surface area contributed by atoms with E-state index in [1.807, 2.05) is 0 Å². The molecule has 0 radical (unpaired) electrons. The third kappa shape index (κ3) is 6.30. The molecule has 0 heterocycles. The van der Waals surface area contributed by atoms with Crippen molar-refractivity contribution in [1.82, 2.24) is 0 Å². The van der Waals surface area contributed by atoms with Gasteiger partial charge in [-0.15, -0.1) is 0 Å². The second-order valence-corrected chi connectivity index (χ2v) is 6.26. The minimum atomic E-state index is -4.90. The van der Waals surface area contributed by atoms with Gasteiger partial charge in [-0.1, -0.05) is 45.7 Å². The molecular weight excluding hydrogens is 494 g/mol. The molecule has 0 bridgehead atoms. The molecule has 0 aliphatic heterocycles. The Morgan fingerprint density at radius 2 is 1.08 bits per heavy atom. The molecule has 0 saturated heterocycles. The Labute approximate surface area is 156 Å². The minimum Gasteiger partial charge on any atom is -0.451 e. The first kappa shape index (κ1) is 24.5. The van der Waals surface area contributed by atoms with Gasteiger partial charge in [-0.25, -0.2) is 0 Å². The lowest BCUT2D eigenvalue weighted by Gasteiger charge is -2.31. The maximum Gasteiger partial charge on any atom is 0.426 e. The van der Waals surface area contributed by atoms with Crippen LogP contribution in [0, 0.1) is 5.41 Å². The van der Waals surface area contributed by atoms with Crippen molar-refractivity contribution in [2.75, 3.05) is 10.7 Å². The summed E-state index contributed by atoms with van der Waals surface area (Å²) in [4.78, 5) is 24.3. The number of hydrogen-bond donors (Lipinski definition) is 0. The van der Waals surface area contributed by atoms with Crippen LogP contribution in [0.2, 0.25) is 0 Å². The van der Waals surface area contributed by atoms with E-state index in [4.69, 9.17) is 0 Å². The quantitative estimate of drug-likeness (QED) is 0.209. The highest BCUT2D eigenvalue weighted by molar-refractivity contribution is 9.09. The summed E-state index contributed by atoms with van der Waals surface area (Å²) in [7, 11) is 0. The number of carbonyl (C=O) groups is 2. The second-order valence-electron chi connectivity index (χ2n) is 4.97. The average Bonchev–Trinajstić information content (AvgIpc) is 2.49. The Balaban J connectivity index is 5.53. The molecule has 0 aliphatic rings. The van der Waals surface area contributed by atoms with Crippen LogP contribution in [-0.2, 0) is 19.1 Å².